The molecule has 0 saturated carbocycles. The number of nitrogens with one attached hydrogen (secondary N) is 1. The molecular formula is C13H26N2O5. The van der Waals surface area contributed by atoms with Gasteiger partial charge in [-0.05, 0) is 19.9 Å². The molecule has 1 saturated heterocycles. The number of hydrogen-bond acceptors (Lipinski definition) is 6. The Bertz CT molecular complexity index is 315. The summed E-state index contributed by atoms with van der Waals surface area (Å²) in [5, 5.41) is 42.0. The number of amides is 1. The fraction of sp³-hybridized carbons (Fsp3) is 0.923. The van der Waals surface area contributed by atoms with E-state index in [9.17, 15) is 25.2 Å². The maximum Gasteiger partial charge on any atom is 0.240 e. The molecule has 20 heavy (non-hydrogen) atoms. The molecule has 0 aromatic carbocycles. The predicted molar refractivity (Wildman–Crippen MR) is 73.0 cm³/mol. The summed E-state index contributed by atoms with van der Waals surface area (Å²) in [6.07, 6.45) is -2.46. The first kappa shape index (κ1) is 17.3. The topological polar surface area (TPSA) is 113 Å². The zero-order chi connectivity index (χ0) is 15.3. The average Bonchev–Trinajstić information content (AvgIpc) is 2.43. The first-order chi connectivity index (χ1) is 9.49. The lowest BCUT2D eigenvalue weighted by Gasteiger charge is -2.47. The van der Waals surface area contributed by atoms with Gasteiger partial charge in [0, 0.05) is 6.54 Å². The highest BCUT2D eigenvalue weighted by Crippen LogP contribution is 2.25. The van der Waals surface area contributed by atoms with Gasteiger partial charge in [-0.25, -0.2) is 0 Å². The number of unbranched alkanes of at least 4 members (excludes halogenated alkanes) is 1. The van der Waals surface area contributed by atoms with Gasteiger partial charge in [-0.15, -0.1) is 0 Å². The summed E-state index contributed by atoms with van der Waals surface area (Å²) in [4.78, 5) is 13.7. The number of carbonyl (C=O) groups is 1. The monoisotopic (exact) mass is 290 g/mol. The summed E-state index contributed by atoms with van der Waals surface area (Å²) < 4.78 is 0. The molecule has 0 aromatic heterocycles. The number of likely N-dealkylation sites (tertiary alicyclic amines) is 1. The SMILES string of the molecule is CCCCN1[C@H](CO)[C@@H](O)[C@H](O)[C@H](O)[C@H]1C(=O)NCC. The van der Waals surface area contributed by atoms with Crippen LogP contribution in [0.5, 0.6) is 0 Å². The quantitative estimate of drug-likeness (QED) is 0.389. The molecule has 1 heterocycles. The predicted octanol–water partition coefficient (Wildman–Crippen LogP) is -1.95. The number of rotatable bonds is 6. The van der Waals surface area contributed by atoms with Crippen molar-refractivity contribution in [2.45, 2.75) is 57.1 Å². The molecule has 5 atom stereocenters. The molecule has 1 fully saturated rings. The van der Waals surface area contributed by atoms with Crippen LogP contribution in [0.3, 0.4) is 0 Å². The van der Waals surface area contributed by atoms with Crippen LogP contribution in [-0.4, -0.2) is 81.3 Å². The summed E-state index contributed by atoms with van der Waals surface area (Å²) in [6.45, 7) is 4.24. The fourth-order valence-electron chi connectivity index (χ4n) is 2.66. The Hall–Kier alpha value is -0.730. The molecule has 1 aliphatic rings. The van der Waals surface area contributed by atoms with Gasteiger partial charge < -0.3 is 25.7 Å². The molecule has 0 bridgehead atoms. The fourth-order valence-corrected chi connectivity index (χ4v) is 2.66. The highest BCUT2D eigenvalue weighted by atomic mass is 16.4. The minimum absolute atomic E-state index is 0.384. The third-order valence-electron chi connectivity index (χ3n) is 3.78. The number of aliphatic hydroxyl groups excluding tert-OH is 4. The molecule has 5 N–H and O–H groups in total. The summed E-state index contributed by atoms with van der Waals surface area (Å²) in [6, 6.07) is -1.72. The molecule has 0 aromatic rings. The van der Waals surface area contributed by atoms with E-state index in [2.05, 4.69) is 5.32 Å². The number of nitrogens with zero attached hydrogens (tertiary/aromatic N) is 1. The second-order valence-corrected chi connectivity index (χ2v) is 5.15. The van der Waals surface area contributed by atoms with Gasteiger partial charge in [0.15, 0.2) is 0 Å². The molecule has 7 heteroatoms. The second-order valence-electron chi connectivity index (χ2n) is 5.15. The Labute approximate surface area is 119 Å². The van der Waals surface area contributed by atoms with Crippen molar-refractivity contribution in [1.82, 2.24) is 10.2 Å². The van der Waals surface area contributed by atoms with E-state index in [-0.39, 0.29) is 6.61 Å². The molecular weight excluding hydrogens is 264 g/mol. The van der Waals surface area contributed by atoms with Crippen molar-refractivity contribution in [1.29, 1.82) is 0 Å². The third kappa shape index (κ3) is 3.48. The number of likely N-dealkylation sites (N-methyl/N-ethyl adjacent to an activating group) is 1. The molecule has 7 nitrogen and oxygen atoms in total. The molecule has 118 valence electrons. The standard InChI is InChI=1S/C13H26N2O5/c1-3-5-6-15-8(7-16)10(17)12(19)11(18)9(15)13(20)14-4-2/h8-12,16-19H,3-7H2,1-2H3,(H,14,20)/t8-,9+,10-,11-,12+/m1/s1. The van der Waals surface area contributed by atoms with Crippen molar-refractivity contribution in [3.05, 3.63) is 0 Å². The van der Waals surface area contributed by atoms with Crippen molar-refractivity contribution in [3.8, 4) is 0 Å². The average molecular weight is 290 g/mol. The zero-order valence-electron chi connectivity index (χ0n) is 12.1. The van der Waals surface area contributed by atoms with E-state index < -0.39 is 36.3 Å². The Morgan fingerprint density at radius 2 is 1.80 bits per heavy atom. The highest BCUT2D eigenvalue weighted by molar-refractivity contribution is 5.82. The van der Waals surface area contributed by atoms with Crippen molar-refractivity contribution in [2.24, 2.45) is 0 Å². The Morgan fingerprint density at radius 1 is 1.15 bits per heavy atom. The summed E-state index contributed by atoms with van der Waals surface area (Å²) in [7, 11) is 0. The van der Waals surface area contributed by atoms with Gasteiger partial charge in [-0.2, -0.15) is 0 Å². The molecule has 0 radical (unpaired) electrons. The van der Waals surface area contributed by atoms with Crippen LogP contribution in [0.4, 0.5) is 0 Å². The summed E-state index contributed by atoms with van der Waals surface area (Å²) in [5.74, 6) is -0.402. The summed E-state index contributed by atoms with van der Waals surface area (Å²) >= 11 is 0. The normalized spacial score (nSPS) is 35.0. The Balaban J connectivity index is 3.00. The lowest BCUT2D eigenvalue weighted by Crippen LogP contribution is -2.70. The van der Waals surface area contributed by atoms with E-state index >= 15 is 0 Å². The van der Waals surface area contributed by atoms with Crippen molar-refractivity contribution in [3.63, 3.8) is 0 Å². The minimum atomic E-state index is -1.45. The number of aliphatic hydroxyl groups is 4. The minimum Gasteiger partial charge on any atom is -0.395 e. The second kappa shape index (κ2) is 7.90. The van der Waals surface area contributed by atoms with Gasteiger partial charge >= 0.3 is 0 Å². The Kier molecular flexibility index (Phi) is 6.84. The third-order valence-corrected chi connectivity index (χ3v) is 3.78. The maximum absolute atomic E-state index is 12.1. The zero-order valence-corrected chi connectivity index (χ0v) is 12.1. The smallest absolute Gasteiger partial charge is 0.240 e. The van der Waals surface area contributed by atoms with E-state index in [0.717, 1.165) is 12.8 Å². The van der Waals surface area contributed by atoms with Gasteiger partial charge in [0.1, 0.15) is 24.4 Å². The van der Waals surface area contributed by atoms with Crippen molar-refractivity contribution < 1.29 is 25.2 Å². The van der Waals surface area contributed by atoms with Gasteiger partial charge in [-0.3, -0.25) is 9.69 Å². The van der Waals surface area contributed by atoms with Crippen LogP contribution >= 0.6 is 0 Å². The largest absolute Gasteiger partial charge is 0.395 e. The van der Waals surface area contributed by atoms with Gasteiger partial charge in [0.25, 0.3) is 0 Å². The lowest BCUT2D eigenvalue weighted by atomic mass is 9.87. The van der Waals surface area contributed by atoms with Gasteiger partial charge in [-0.1, -0.05) is 13.3 Å². The lowest BCUT2D eigenvalue weighted by molar-refractivity contribution is -0.178. The van der Waals surface area contributed by atoms with Crippen LogP contribution < -0.4 is 5.32 Å². The van der Waals surface area contributed by atoms with Crippen LogP contribution in [-0.2, 0) is 4.79 Å². The van der Waals surface area contributed by atoms with Gasteiger partial charge in [0.2, 0.25) is 5.91 Å². The van der Waals surface area contributed by atoms with Crippen LogP contribution in [0.15, 0.2) is 0 Å². The molecule has 0 aliphatic carbocycles. The van der Waals surface area contributed by atoms with Crippen LogP contribution in [0.1, 0.15) is 26.7 Å². The first-order valence-electron chi connectivity index (χ1n) is 7.18. The first-order valence-corrected chi connectivity index (χ1v) is 7.18. The molecule has 1 amide bonds. The van der Waals surface area contributed by atoms with Crippen LogP contribution in [0.25, 0.3) is 0 Å². The van der Waals surface area contributed by atoms with Crippen molar-refractivity contribution >= 4 is 5.91 Å². The molecule has 0 spiro atoms. The van der Waals surface area contributed by atoms with E-state index in [4.69, 9.17) is 0 Å². The van der Waals surface area contributed by atoms with E-state index in [1.807, 2.05) is 6.92 Å². The molecule has 1 rings (SSSR count). The van der Waals surface area contributed by atoms with Crippen LogP contribution in [0.2, 0.25) is 0 Å². The van der Waals surface area contributed by atoms with Gasteiger partial charge in [0.05, 0.1) is 12.6 Å². The Morgan fingerprint density at radius 3 is 2.30 bits per heavy atom. The highest BCUT2D eigenvalue weighted by Gasteiger charge is 2.49. The molecule has 1 aliphatic heterocycles. The molecule has 0 unspecified atom stereocenters. The maximum atomic E-state index is 12.1. The number of hydrogen-bond donors (Lipinski definition) is 5. The van der Waals surface area contributed by atoms with E-state index in [0.29, 0.717) is 13.1 Å². The van der Waals surface area contributed by atoms with Crippen LogP contribution in [0, 0.1) is 0 Å². The summed E-state index contributed by atoms with van der Waals surface area (Å²) in [5.41, 5.74) is 0. The number of piperidine rings is 1. The number of carbonyl (C=O) groups excluding carboxylic acids is 1. The van der Waals surface area contributed by atoms with E-state index in [1.54, 1.807) is 11.8 Å². The van der Waals surface area contributed by atoms with E-state index in [1.165, 1.54) is 0 Å². The van der Waals surface area contributed by atoms with Crippen molar-refractivity contribution in [2.75, 3.05) is 19.7 Å².